The summed E-state index contributed by atoms with van der Waals surface area (Å²) in [5, 5.41) is 10.9. The van der Waals surface area contributed by atoms with Gasteiger partial charge in [0, 0.05) is 25.2 Å². The molecule has 0 amide bonds. The van der Waals surface area contributed by atoms with E-state index in [-0.39, 0.29) is 33.9 Å². The van der Waals surface area contributed by atoms with E-state index >= 15 is 0 Å². The minimum absolute atomic E-state index is 0.0692. The van der Waals surface area contributed by atoms with Crippen molar-refractivity contribution in [2.45, 2.75) is 6.43 Å². The highest BCUT2D eigenvalue weighted by Crippen LogP contribution is 2.29. The van der Waals surface area contributed by atoms with Gasteiger partial charge in [0.05, 0.1) is 29.2 Å². The lowest BCUT2D eigenvalue weighted by atomic mass is 10.3. The zero-order chi connectivity index (χ0) is 19.8. The lowest BCUT2D eigenvalue weighted by molar-refractivity contribution is -0.384. The molecule has 1 aromatic carbocycles. The first-order valence-corrected chi connectivity index (χ1v) is 8.51. The van der Waals surface area contributed by atoms with Gasteiger partial charge >= 0.3 is 0 Å². The summed E-state index contributed by atoms with van der Waals surface area (Å²) in [7, 11) is 0. The molecular formula is C15H12ClF2N7O3. The van der Waals surface area contributed by atoms with Crippen LogP contribution in [0, 0.1) is 10.1 Å². The van der Waals surface area contributed by atoms with Gasteiger partial charge in [0.15, 0.2) is 5.82 Å². The van der Waals surface area contributed by atoms with E-state index < -0.39 is 17.2 Å². The number of nitro groups is 1. The average molecular weight is 412 g/mol. The topological polar surface area (TPSA) is 112 Å². The van der Waals surface area contributed by atoms with Crippen molar-refractivity contribution in [2.75, 3.05) is 31.2 Å². The van der Waals surface area contributed by atoms with Crippen LogP contribution in [0.25, 0.3) is 17.0 Å². The van der Waals surface area contributed by atoms with Crippen molar-refractivity contribution in [1.82, 2.24) is 24.5 Å². The number of nitrogens with zero attached hydrogens (tertiary/aromatic N) is 7. The molecule has 3 heterocycles. The van der Waals surface area contributed by atoms with Gasteiger partial charge in [0.25, 0.3) is 12.1 Å². The minimum Gasteiger partial charge on any atom is -0.378 e. The second-order valence-corrected chi connectivity index (χ2v) is 6.18. The molecule has 28 heavy (non-hydrogen) atoms. The Morgan fingerprint density at radius 2 is 1.86 bits per heavy atom. The summed E-state index contributed by atoms with van der Waals surface area (Å²) in [5.41, 5.74) is -0.0620. The number of hydrogen-bond acceptors (Lipinski definition) is 8. The second kappa shape index (κ2) is 7.20. The van der Waals surface area contributed by atoms with Crippen LogP contribution in [0.5, 0.6) is 0 Å². The number of nitro benzene ring substituents is 1. The van der Waals surface area contributed by atoms with E-state index in [1.54, 1.807) is 4.90 Å². The van der Waals surface area contributed by atoms with Crippen molar-refractivity contribution in [3.8, 4) is 5.95 Å². The third kappa shape index (κ3) is 3.31. The third-order valence-corrected chi connectivity index (χ3v) is 4.32. The highest BCUT2D eigenvalue weighted by atomic mass is 35.5. The second-order valence-electron chi connectivity index (χ2n) is 5.84. The third-order valence-electron chi connectivity index (χ3n) is 4.15. The smallest absolute Gasteiger partial charge is 0.296 e. The Hall–Kier alpha value is -2.99. The molecule has 0 aliphatic carbocycles. The molecule has 13 heteroatoms. The Morgan fingerprint density at radius 1 is 1.14 bits per heavy atom. The maximum atomic E-state index is 13.6. The number of aromatic nitrogens is 5. The van der Waals surface area contributed by atoms with Gasteiger partial charge in [-0.3, -0.25) is 14.7 Å². The van der Waals surface area contributed by atoms with E-state index in [4.69, 9.17) is 16.3 Å². The van der Waals surface area contributed by atoms with Gasteiger partial charge in [-0.25, -0.2) is 13.8 Å². The molecule has 0 saturated carbocycles. The van der Waals surface area contributed by atoms with Crippen LogP contribution in [-0.2, 0) is 4.74 Å². The Balaban J connectivity index is 1.92. The molecule has 0 radical (unpaired) electrons. The van der Waals surface area contributed by atoms with Gasteiger partial charge in [0.1, 0.15) is 0 Å². The average Bonchev–Trinajstić information content (AvgIpc) is 3.07. The summed E-state index contributed by atoms with van der Waals surface area (Å²) < 4.78 is 33.5. The fourth-order valence-electron chi connectivity index (χ4n) is 2.89. The van der Waals surface area contributed by atoms with E-state index in [1.165, 1.54) is 12.1 Å². The van der Waals surface area contributed by atoms with Gasteiger partial charge < -0.3 is 9.64 Å². The Morgan fingerprint density at radius 3 is 2.54 bits per heavy atom. The van der Waals surface area contributed by atoms with E-state index in [1.807, 2.05) is 0 Å². The number of rotatable bonds is 4. The van der Waals surface area contributed by atoms with Gasteiger partial charge in [0.2, 0.25) is 17.2 Å². The molecule has 0 atom stereocenters. The van der Waals surface area contributed by atoms with Crippen LogP contribution in [0.3, 0.4) is 0 Å². The first kappa shape index (κ1) is 18.4. The van der Waals surface area contributed by atoms with Gasteiger partial charge in [-0.1, -0.05) is 0 Å². The number of anilines is 1. The van der Waals surface area contributed by atoms with E-state index in [0.29, 0.717) is 26.3 Å². The number of benzene rings is 1. The molecule has 0 spiro atoms. The molecule has 1 aliphatic heterocycles. The first-order chi connectivity index (χ1) is 13.4. The van der Waals surface area contributed by atoms with Crippen LogP contribution >= 0.6 is 11.6 Å². The number of fused-ring (bicyclic) bond motifs is 1. The van der Waals surface area contributed by atoms with Crippen LogP contribution in [0.1, 0.15) is 12.2 Å². The van der Waals surface area contributed by atoms with Crippen LogP contribution in [0.2, 0.25) is 5.28 Å². The lowest BCUT2D eigenvalue weighted by Gasteiger charge is -2.26. The quantitative estimate of drug-likeness (QED) is 0.475. The number of ether oxygens (including phenoxy) is 1. The number of halogens is 3. The molecule has 3 aromatic rings. The number of morpholine rings is 1. The zero-order valence-electron chi connectivity index (χ0n) is 14.1. The molecule has 2 aromatic heterocycles. The molecule has 4 rings (SSSR count). The zero-order valence-corrected chi connectivity index (χ0v) is 14.9. The lowest BCUT2D eigenvalue weighted by Crippen LogP contribution is -2.37. The van der Waals surface area contributed by atoms with Crippen molar-refractivity contribution in [2.24, 2.45) is 0 Å². The van der Waals surface area contributed by atoms with Crippen LogP contribution < -0.4 is 4.90 Å². The highest BCUT2D eigenvalue weighted by molar-refractivity contribution is 6.28. The fraction of sp³-hybridized carbons (Fsp3) is 0.333. The monoisotopic (exact) mass is 411 g/mol. The predicted molar refractivity (Wildman–Crippen MR) is 94.1 cm³/mol. The van der Waals surface area contributed by atoms with Crippen LogP contribution in [0.4, 0.5) is 20.4 Å². The summed E-state index contributed by atoms with van der Waals surface area (Å²) >= 11 is 6.00. The maximum absolute atomic E-state index is 13.6. The maximum Gasteiger partial charge on any atom is 0.296 e. The summed E-state index contributed by atoms with van der Waals surface area (Å²) in [5.74, 6) is -0.642. The molecule has 1 fully saturated rings. The number of non-ortho nitro benzene ring substituents is 1. The highest BCUT2D eigenvalue weighted by Gasteiger charge is 2.25. The summed E-state index contributed by atoms with van der Waals surface area (Å²) in [6.45, 7) is 1.91. The Labute approximate surface area is 160 Å². The molecule has 0 unspecified atom stereocenters. The summed E-state index contributed by atoms with van der Waals surface area (Å²) in [6.07, 6.45) is -2.96. The van der Waals surface area contributed by atoms with Gasteiger partial charge in [-0.05, 0) is 17.7 Å². The summed E-state index contributed by atoms with van der Waals surface area (Å²) in [6, 6.07) is 3.62. The Kier molecular flexibility index (Phi) is 4.73. The van der Waals surface area contributed by atoms with Crippen LogP contribution in [0.15, 0.2) is 18.2 Å². The number of hydrogen-bond donors (Lipinski definition) is 0. The molecule has 0 N–H and O–H groups in total. The van der Waals surface area contributed by atoms with Crippen molar-refractivity contribution in [3.63, 3.8) is 0 Å². The fourth-order valence-corrected chi connectivity index (χ4v) is 3.04. The van der Waals surface area contributed by atoms with Crippen LogP contribution in [-0.4, -0.2) is 55.7 Å². The predicted octanol–water partition coefficient (Wildman–Crippen LogP) is 2.55. The van der Waals surface area contributed by atoms with Crippen molar-refractivity contribution < 1.29 is 18.4 Å². The normalized spacial score (nSPS) is 14.8. The molecule has 146 valence electrons. The van der Waals surface area contributed by atoms with E-state index in [9.17, 15) is 18.9 Å². The van der Waals surface area contributed by atoms with Gasteiger partial charge in [-0.15, -0.1) is 0 Å². The Bertz CT molecular complexity index is 1060. The number of alkyl halides is 2. The van der Waals surface area contributed by atoms with E-state index in [2.05, 4.69) is 19.9 Å². The largest absolute Gasteiger partial charge is 0.378 e. The van der Waals surface area contributed by atoms with E-state index in [0.717, 1.165) is 10.6 Å². The van der Waals surface area contributed by atoms with Crippen molar-refractivity contribution in [1.29, 1.82) is 0 Å². The molecule has 1 saturated heterocycles. The van der Waals surface area contributed by atoms with Crippen molar-refractivity contribution >= 4 is 34.3 Å². The van der Waals surface area contributed by atoms with Gasteiger partial charge in [-0.2, -0.15) is 15.0 Å². The summed E-state index contributed by atoms with van der Waals surface area (Å²) in [4.78, 5) is 28.4. The minimum atomic E-state index is -2.96. The SMILES string of the molecule is O=[N+]([O-])c1ccc2nc(C(F)F)n(-c3nc(Cl)nc(N4CCOCC4)n3)c2c1. The molecule has 10 nitrogen and oxygen atoms in total. The standard InChI is InChI=1S/C15H12ClF2N7O3/c16-13-20-14(23-3-5-28-6-4-23)22-15(21-13)24-10-7-8(25(26)27)1-2-9(10)19-12(24)11(17)18/h1-2,7,11H,3-6H2. The molecule has 0 bridgehead atoms. The van der Waals surface area contributed by atoms with Crippen molar-refractivity contribution in [3.05, 3.63) is 39.4 Å². The first-order valence-electron chi connectivity index (χ1n) is 8.13. The molecular weight excluding hydrogens is 400 g/mol. The molecule has 1 aliphatic rings. The number of imidazole rings is 1.